The number of hydrogen-bond donors (Lipinski definition) is 0. The molecule has 2 aromatic carbocycles. The van der Waals surface area contributed by atoms with Crippen LogP contribution in [-0.4, -0.2) is 5.10 Å². The summed E-state index contributed by atoms with van der Waals surface area (Å²) in [6.07, 6.45) is 1.81. The maximum Gasteiger partial charge on any atom is 0.239 e. The van der Waals surface area contributed by atoms with Gasteiger partial charge in [0.25, 0.3) is 0 Å². The molecule has 0 aliphatic carbocycles. The van der Waals surface area contributed by atoms with Crippen molar-refractivity contribution in [2.75, 3.05) is 0 Å². The third-order valence-corrected chi connectivity index (χ3v) is 3.55. The minimum atomic E-state index is 1.13. The molecular weight excluding hydrogens is 244 g/mol. The molecule has 2 heteroatoms. The van der Waals surface area contributed by atoms with Crippen LogP contribution in [0, 0.1) is 6.92 Å². The Morgan fingerprint density at radius 3 is 2.40 bits per heavy atom. The average molecular weight is 261 g/mol. The van der Waals surface area contributed by atoms with Gasteiger partial charge in [-0.25, -0.2) is 0 Å². The summed E-state index contributed by atoms with van der Waals surface area (Å²) < 4.78 is 1.91. The number of aryl methyl sites for hydroxylation is 2. The lowest BCUT2D eigenvalue weighted by Gasteiger charge is -2.07. The zero-order valence-corrected chi connectivity index (χ0v) is 11.7. The van der Waals surface area contributed by atoms with Gasteiger partial charge in [0.1, 0.15) is 0 Å². The van der Waals surface area contributed by atoms with Crippen LogP contribution in [0.5, 0.6) is 0 Å². The van der Waals surface area contributed by atoms with Crippen LogP contribution in [0.25, 0.3) is 22.4 Å². The molecule has 0 bridgehead atoms. The highest BCUT2D eigenvalue weighted by Crippen LogP contribution is 2.27. The Morgan fingerprint density at radius 1 is 0.850 bits per heavy atom. The van der Waals surface area contributed by atoms with E-state index in [1.807, 2.05) is 23.9 Å². The highest BCUT2D eigenvalue weighted by atomic mass is 15.2. The van der Waals surface area contributed by atoms with E-state index < -0.39 is 0 Å². The summed E-state index contributed by atoms with van der Waals surface area (Å²) in [7, 11) is 1.98. The van der Waals surface area contributed by atoms with Crippen LogP contribution in [0.1, 0.15) is 5.56 Å². The lowest BCUT2D eigenvalue weighted by Crippen LogP contribution is -2.35. The van der Waals surface area contributed by atoms with Gasteiger partial charge in [-0.3, -0.25) is 0 Å². The molecule has 0 atom stereocenters. The van der Waals surface area contributed by atoms with Gasteiger partial charge in [0, 0.05) is 6.07 Å². The van der Waals surface area contributed by atoms with Gasteiger partial charge >= 0.3 is 0 Å². The molecule has 0 saturated carbocycles. The molecule has 0 unspecified atom stereocenters. The Hall–Kier alpha value is -2.48. The normalized spacial score (nSPS) is 10.5. The molecule has 2 nitrogen and oxygen atoms in total. The van der Waals surface area contributed by atoms with Gasteiger partial charge in [-0.1, -0.05) is 47.1 Å². The topological polar surface area (TPSA) is 16.8 Å². The lowest BCUT2D eigenvalue weighted by molar-refractivity contribution is -0.720. The maximum atomic E-state index is 4.32. The molecule has 3 rings (SSSR count). The molecule has 0 amide bonds. The highest BCUT2D eigenvalue weighted by Gasteiger charge is 2.13. The van der Waals surface area contributed by atoms with E-state index in [2.05, 4.69) is 60.6 Å². The quantitative estimate of drug-likeness (QED) is 0.645. The third kappa shape index (κ3) is 2.32. The number of nitrogens with zero attached hydrogens (tertiary/aromatic N) is 2. The largest absolute Gasteiger partial charge is 0.239 e. The van der Waals surface area contributed by atoms with E-state index in [-0.39, 0.29) is 0 Å². The number of rotatable bonds is 2. The van der Waals surface area contributed by atoms with Crippen molar-refractivity contribution < 1.29 is 4.68 Å². The van der Waals surface area contributed by atoms with Crippen LogP contribution < -0.4 is 4.68 Å². The summed E-state index contributed by atoms with van der Waals surface area (Å²) in [5.41, 5.74) is 6.08. The molecular formula is C18H17N2+. The van der Waals surface area contributed by atoms with Crippen molar-refractivity contribution in [3.05, 3.63) is 72.4 Å². The van der Waals surface area contributed by atoms with E-state index in [4.69, 9.17) is 0 Å². The first-order chi connectivity index (χ1) is 9.75. The molecule has 0 radical (unpaired) electrons. The second-order valence-electron chi connectivity index (χ2n) is 4.93. The van der Waals surface area contributed by atoms with Crippen LogP contribution in [0.15, 0.2) is 66.9 Å². The predicted molar refractivity (Wildman–Crippen MR) is 81.0 cm³/mol. The van der Waals surface area contributed by atoms with Crippen molar-refractivity contribution in [2.24, 2.45) is 7.05 Å². The molecule has 98 valence electrons. The van der Waals surface area contributed by atoms with Crippen LogP contribution in [0.4, 0.5) is 0 Å². The van der Waals surface area contributed by atoms with Crippen molar-refractivity contribution in [1.29, 1.82) is 0 Å². The molecule has 0 N–H and O–H groups in total. The van der Waals surface area contributed by atoms with Gasteiger partial charge in [-0.15, -0.1) is 0 Å². The maximum absolute atomic E-state index is 4.32. The van der Waals surface area contributed by atoms with Gasteiger partial charge in [-0.05, 0) is 40.8 Å². The first-order valence-electron chi connectivity index (χ1n) is 6.73. The van der Waals surface area contributed by atoms with Crippen LogP contribution in [0.2, 0.25) is 0 Å². The fraction of sp³-hybridized carbons (Fsp3) is 0.111. The second kappa shape index (κ2) is 5.25. The fourth-order valence-corrected chi connectivity index (χ4v) is 2.41. The van der Waals surface area contributed by atoms with Gasteiger partial charge < -0.3 is 0 Å². The van der Waals surface area contributed by atoms with Crippen molar-refractivity contribution in [2.45, 2.75) is 6.92 Å². The molecule has 20 heavy (non-hydrogen) atoms. The monoisotopic (exact) mass is 261 g/mol. The fourth-order valence-electron chi connectivity index (χ4n) is 2.41. The molecule has 1 heterocycles. The minimum Gasteiger partial charge on any atom is -0.0865 e. The first kappa shape index (κ1) is 12.5. The van der Waals surface area contributed by atoms with Crippen molar-refractivity contribution >= 4 is 0 Å². The van der Waals surface area contributed by atoms with E-state index in [0.717, 1.165) is 5.69 Å². The molecule has 0 aliphatic rings. The van der Waals surface area contributed by atoms with E-state index in [1.165, 1.54) is 22.3 Å². The Morgan fingerprint density at radius 2 is 1.65 bits per heavy atom. The molecule has 1 aromatic heterocycles. The highest BCUT2D eigenvalue weighted by molar-refractivity contribution is 5.72. The lowest BCUT2D eigenvalue weighted by atomic mass is 9.98. The SMILES string of the molecule is Cc1ccc(-c2ccccc2)cc1-c1cccn[n+]1C. The molecule has 0 aliphatic heterocycles. The summed E-state index contributed by atoms with van der Waals surface area (Å²) in [5.74, 6) is 0. The average Bonchev–Trinajstić information content (AvgIpc) is 2.49. The summed E-state index contributed by atoms with van der Waals surface area (Å²) in [4.78, 5) is 0. The number of benzene rings is 2. The van der Waals surface area contributed by atoms with Gasteiger partial charge in [0.15, 0.2) is 7.05 Å². The van der Waals surface area contributed by atoms with Crippen molar-refractivity contribution in [3.63, 3.8) is 0 Å². The summed E-state index contributed by atoms with van der Waals surface area (Å²) in [6.45, 7) is 2.14. The number of hydrogen-bond acceptors (Lipinski definition) is 1. The minimum absolute atomic E-state index is 1.13. The van der Waals surface area contributed by atoms with Gasteiger partial charge in [0.05, 0.1) is 11.8 Å². The van der Waals surface area contributed by atoms with Crippen LogP contribution in [-0.2, 0) is 7.05 Å². The standard InChI is InChI=1S/C18H17N2/c1-14-10-11-16(15-7-4-3-5-8-15)13-17(14)18-9-6-12-19-20(18)2/h3-13H,1-2H3/q+1. The summed E-state index contributed by atoms with van der Waals surface area (Å²) in [6, 6.07) is 21.1. The Bertz CT molecular complexity index is 733. The Balaban J connectivity index is 2.15. The third-order valence-electron chi connectivity index (χ3n) is 3.55. The van der Waals surface area contributed by atoms with E-state index in [0.29, 0.717) is 0 Å². The summed E-state index contributed by atoms with van der Waals surface area (Å²) >= 11 is 0. The zero-order valence-electron chi connectivity index (χ0n) is 11.7. The molecule has 0 spiro atoms. The number of aromatic nitrogens is 2. The van der Waals surface area contributed by atoms with E-state index in [9.17, 15) is 0 Å². The smallest absolute Gasteiger partial charge is 0.0865 e. The van der Waals surface area contributed by atoms with E-state index in [1.54, 1.807) is 6.20 Å². The van der Waals surface area contributed by atoms with Gasteiger partial charge in [0.2, 0.25) is 5.69 Å². The molecule has 0 fully saturated rings. The first-order valence-corrected chi connectivity index (χ1v) is 6.73. The van der Waals surface area contributed by atoms with E-state index >= 15 is 0 Å². The van der Waals surface area contributed by atoms with Crippen LogP contribution >= 0.6 is 0 Å². The van der Waals surface area contributed by atoms with Crippen LogP contribution in [0.3, 0.4) is 0 Å². The van der Waals surface area contributed by atoms with Crippen molar-refractivity contribution in [1.82, 2.24) is 5.10 Å². The zero-order chi connectivity index (χ0) is 13.9. The predicted octanol–water partition coefficient (Wildman–Crippen LogP) is 3.55. The van der Waals surface area contributed by atoms with Gasteiger partial charge in [-0.2, -0.15) is 0 Å². The Labute approximate surface area is 119 Å². The summed E-state index contributed by atoms with van der Waals surface area (Å²) in [5, 5.41) is 4.32. The molecule has 0 saturated heterocycles. The van der Waals surface area contributed by atoms with Crippen molar-refractivity contribution in [3.8, 4) is 22.4 Å². The Kier molecular flexibility index (Phi) is 3.30. The molecule has 3 aromatic rings. The second-order valence-corrected chi connectivity index (χ2v) is 4.93.